The first kappa shape index (κ1) is 15.0. The maximum absolute atomic E-state index is 12.6. The number of hydrazine groups is 1. The summed E-state index contributed by atoms with van der Waals surface area (Å²) in [5.41, 5.74) is 0.200. The van der Waals surface area contributed by atoms with Gasteiger partial charge >= 0.3 is 6.30 Å². The Kier molecular flexibility index (Phi) is 4.78. The Morgan fingerprint density at radius 3 is 2.06 bits per heavy atom. The number of hydrogen-bond donors (Lipinski definition) is 0. The van der Waals surface area contributed by atoms with Gasteiger partial charge in [-0.25, -0.2) is 4.39 Å². The fourth-order valence-electron chi connectivity index (χ4n) is 1.16. The molecule has 1 rings (SSSR count). The van der Waals surface area contributed by atoms with Gasteiger partial charge in [0.15, 0.2) is 0 Å². The van der Waals surface area contributed by atoms with Crippen molar-refractivity contribution in [2.24, 2.45) is 0 Å². The number of nitrogens with zero attached hydrogens (tertiary/aromatic N) is 2. The van der Waals surface area contributed by atoms with Crippen LogP contribution in [0, 0.1) is 5.82 Å². The lowest BCUT2D eigenvalue weighted by Crippen LogP contribution is -2.47. The molecule has 0 aromatic heterocycles. The lowest BCUT2D eigenvalue weighted by molar-refractivity contribution is -0.267. The van der Waals surface area contributed by atoms with Gasteiger partial charge in [0.05, 0.1) is 6.42 Å². The van der Waals surface area contributed by atoms with Crippen molar-refractivity contribution >= 4 is 29.5 Å². The molecule has 0 unspecified atom stereocenters. The summed E-state index contributed by atoms with van der Waals surface area (Å²) >= 11 is 9.88. The molecule has 0 aliphatic heterocycles. The summed E-state index contributed by atoms with van der Waals surface area (Å²) in [5, 5.41) is -0.764. The molecule has 0 heterocycles. The highest BCUT2D eigenvalue weighted by Gasteiger charge is 2.44. The van der Waals surface area contributed by atoms with Crippen molar-refractivity contribution < 1.29 is 22.4 Å². The van der Waals surface area contributed by atoms with Crippen LogP contribution in [0.4, 0.5) is 17.6 Å². The molecule has 0 N–H and O–H groups in total. The van der Waals surface area contributed by atoms with E-state index in [9.17, 15) is 22.4 Å². The van der Waals surface area contributed by atoms with Gasteiger partial charge in [-0.3, -0.25) is 4.79 Å². The van der Waals surface area contributed by atoms with Gasteiger partial charge in [-0.15, -0.1) is 13.2 Å². The molecule has 9 heteroatoms. The summed E-state index contributed by atoms with van der Waals surface area (Å²) in [6, 6.07) is 4.43. The number of benzene rings is 1. The molecule has 0 fully saturated rings. The highest BCUT2D eigenvalue weighted by Crippen LogP contribution is 2.27. The Bertz CT molecular complexity index is 422. The topological polar surface area (TPSA) is 23.6 Å². The summed E-state index contributed by atoms with van der Waals surface area (Å²) in [6.07, 6.45) is -5.66. The summed E-state index contributed by atoms with van der Waals surface area (Å²) in [7, 11) is 0. The van der Waals surface area contributed by atoms with Crippen molar-refractivity contribution in [3.05, 3.63) is 35.6 Å². The smallest absolute Gasteiger partial charge is 0.273 e. The Hall–Kier alpha value is -1.05. The van der Waals surface area contributed by atoms with Crippen LogP contribution in [0.2, 0.25) is 0 Å². The van der Waals surface area contributed by atoms with Gasteiger partial charge in [-0.2, -0.15) is 5.01 Å². The van der Waals surface area contributed by atoms with E-state index in [1.165, 1.54) is 12.1 Å². The van der Waals surface area contributed by atoms with Gasteiger partial charge in [0, 0.05) is 23.6 Å². The van der Waals surface area contributed by atoms with Crippen molar-refractivity contribution in [3.63, 3.8) is 0 Å². The largest absolute Gasteiger partial charge is 0.503 e. The highest BCUT2D eigenvalue weighted by molar-refractivity contribution is 6.33. The van der Waals surface area contributed by atoms with Gasteiger partial charge < -0.3 is 0 Å². The summed E-state index contributed by atoms with van der Waals surface area (Å²) in [5.74, 6) is -1.95. The molecule has 0 atom stereocenters. The van der Waals surface area contributed by atoms with E-state index in [0.29, 0.717) is 0 Å². The van der Waals surface area contributed by atoms with E-state index in [1.54, 1.807) is 0 Å². The van der Waals surface area contributed by atoms with E-state index in [4.69, 9.17) is 23.6 Å². The zero-order valence-electron chi connectivity index (χ0n) is 8.59. The molecular formula is C9H6Cl2F4N2O. The molecule has 0 aliphatic rings. The minimum absolute atomic E-state index is 0.200. The third-order valence-electron chi connectivity index (χ3n) is 1.90. The standard InChI is InChI=1S/C9H6Cl2F4N2O/c10-17(11)16(9(13,14)15)8(18)5-6-1-3-7(12)4-2-6/h1-4H,5H2. The Labute approximate surface area is 110 Å². The monoisotopic (exact) mass is 304 g/mol. The summed E-state index contributed by atoms with van der Waals surface area (Å²) in [4.78, 5) is 11.4. The van der Waals surface area contributed by atoms with Crippen LogP contribution in [-0.4, -0.2) is 21.3 Å². The zero-order valence-corrected chi connectivity index (χ0v) is 10.1. The Morgan fingerprint density at radius 2 is 1.67 bits per heavy atom. The molecule has 1 amide bonds. The molecule has 0 saturated carbocycles. The second-order valence-electron chi connectivity index (χ2n) is 3.19. The molecule has 1 aromatic carbocycles. The maximum atomic E-state index is 12.6. The minimum atomic E-state index is -5.04. The SMILES string of the molecule is O=C(Cc1ccc(F)cc1)N(N(Cl)Cl)C(F)(F)F. The number of amides is 1. The normalized spacial score (nSPS) is 11.7. The first-order valence-corrected chi connectivity index (χ1v) is 5.15. The van der Waals surface area contributed by atoms with Gasteiger partial charge in [-0.1, -0.05) is 12.1 Å². The van der Waals surface area contributed by atoms with Crippen LogP contribution in [-0.2, 0) is 11.2 Å². The van der Waals surface area contributed by atoms with E-state index in [0.717, 1.165) is 12.1 Å². The predicted octanol–water partition coefficient (Wildman–Crippen LogP) is 3.24. The Morgan fingerprint density at radius 1 is 1.17 bits per heavy atom. The van der Waals surface area contributed by atoms with Crippen molar-refractivity contribution in [2.45, 2.75) is 12.7 Å². The minimum Gasteiger partial charge on any atom is -0.273 e. The lowest BCUT2D eigenvalue weighted by Gasteiger charge is -2.25. The molecule has 0 radical (unpaired) electrons. The van der Waals surface area contributed by atoms with E-state index in [2.05, 4.69) is 0 Å². The summed E-state index contributed by atoms with van der Waals surface area (Å²) in [6.45, 7) is 0. The fourth-order valence-corrected chi connectivity index (χ4v) is 1.50. The second-order valence-corrected chi connectivity index (χ2v) is 4.01. The number of alkyl halides is 3. The van der Waals surface area contributed by atoms with Gasteiger partial charge in [0.25, 0.3) is 5.91 Å². The van der Waals surface area contributed by atoms with Gasteiger partial charge in [0.2, 0.25) is 0 Å². The molecule has 0 aliphatic carbocycles. The van der Waals surface area contributed by atoms with Crippen molar-refractivity contribution in [2.75, 3.05) is 0 Å². The molecule has 18 heavy (non-hydrogen) atoms. The third kappa shape index (κ3) is 4.01. The van der Waals surface area contributed by atoms with Crippen LogP contribution >= 0.6 is 23.6 Å². The molecule has 0 spiro atoms. The van der Waals surface area contributed by atoms with Crippen molar-refractivity contribution in [1.82, 2.24) is 9.06 Å². The van der Waals surface area contributed by atoms with Crippen LogP contribution in [0.15, 0.2) is 24.3 Å². The molecule has 3 nitrogen and oxygen atoms in total. The Balaban J connectivity index is 2.83. The fraction of sp³-hybridized carbons (Fsp3) is 0.222. The molecule has 0 saturated heterocycles. The lowest BCUT2D eigenvalue weighted by atomic mass is 10.1. The van der Waals surface area contributed by atoms with E-state index in [-0.39, 0.29) is 5.56 Å². The first-order chi connectivity index (χ1) is 8.21. The van der Waals surface area contributed by atoms with Crippen molar-refractivity contribution in [3.8, 4) is 0 Å². The van der Waals surface area contributed by atoms with E-state index < -0.39 is 33.5 Å². The average Bonchev–Trinajstić information content (AvgIpc) is 2.18. The summed E-state index contributed by atoms with van der Waals surface area (Å²) < 4.78 is 49.4. The molecule has 0 bridgehead atoms. The van der Waals surface area contributed by atoms with Crippen LogP contribution in [0.25, 0.3) is 0 Å². The van der Waals surface area contributed by atoms with Crippen LogP contribution < -0.4 is 0 Å². The van der Waals surface area contributed by atoms with E-state index in [1.807, 2.05) is 0 Å². The molecule has 1 aromatic rings. The van der Waals surface area contributed by atoms with Gasteiger partial charge in [-0.05, 0) is 21.7 Å². The number of halogens is 6. The van der Waals surface area contributed by atoms with Crippen LogP contribution in [0.3, 0.4) is 0 Å². The molecular weight excluding hydrogens is 299 g/mol. The molecule has 100 valence electrons. The van der Waals surface area contributed by atoms with E-state index >= 15 is 0 Å². The average molecular weight is 305 g/mol. The second kappa shape index (κ2) is 5.73. The zero-order chi connectivity index (χ0) is 13.9. The highest BCUT2D eigenvalue weighted by atomic mass is 35.5. The van der Waals surface area contributed by atoms with Gasteiger partial charge in [0.1, 0.15) is 5.82 Å². The number of carbonyl (C=O) groups is 1. The quantitative estimate of drug-likeness (QED) is 0.370. The number of hydrogen-bond acceptors (Lipinski definition) is 2. The van der Waals surface area contributed by atoms with Crippen LogP contribution in [0.5, 0.6) is 0 Å². The van der Waals surface area contributed by atoms with Crippen LogP contribution in [0.1, 0.15) is 5.56 Å². The number of carbonyl (C=O) groups excluding carboxylic acids is 1. The maximum Gasteiger partial charge on any atom is 0.503 e. The predicted molar refractivity (Wildman–Crippen MR) is 56.6 cm³/mol. The third-order valence-corrected chi connectivity index (χ3v) is 2.20. The first-order valence-electron chi connectivity index (χ1n) is 4.47. The van der Waals surface area contributed by atoms with Crippen molar-refractivity contribution in [1.29, 1.82) is 0 Å². The number of rotatable bonds is 3.